The number of piperidine rings is 1. The molecule has 2 saturated heterocycles. The van der Waals surface area contributed by atoms with Gasteiger partial charge in [0.25, 0.3) is 0 Å². The van der Waals surface area contributed by atoms with Gasteiger partial charge >= 0.3 is 6.36 Å². The first-order valence-corrected chi connectivity index (χ1v) is 11.9. The number of rotatable bonds is 6. The summed E-state index contributed by atoms with van der Waals surface area (Å²) in [5.74, 6) is -0.0883. The SMILES string of the molecule is OC1CCCCC1[C@H](CN1CCC(N2CCCC2)CC1)c1cccc(OC(F)(F)F)c1. The van der Waals surface area contributed by atoms with Crippen LogP contribution in [0.25, 0.3) is 0 Å². The van der Waals surface area contributed by atoms with Gasteiger partial charge in [0.05, 0.1) is 6.10 Å². The maximum Gasteiger partial charge on any atom is 0.573 e. The van der Waals surface area contributed by atoms with E-state index in [0.717, 1.165) is 63.7 Å². The maximum absolute atomic E-state index is 12.8. The van der Waals surface area contributed by atoms with E-state index in [0.29, 0.717) is 6.04 Å². The molecule has 2 aliphatic heterocycles. The summed E-state index contributed by atoms with van der Waals surface area (Å²) in [5.41, 5.74) is 0.842. The number of halogens is 3. The summed E-state index contributed by atoms with van der Waals surface area (Å²) < 4.78 is 42.4. The Hall–Kier alpha value is -1.31. The fourth-order valence-corrected chi connectivity index (χ4v) is 5.89. The monoisotopic (exact) mass is 440 g/mol. The van der Waals surface area contributed by atoms with E-state index in [4.69, 9.17) is 0 Å². The highest BCUT2D eigenvalue weighted by atomic mass is 19.4. The van der Waals surface area contributed by atoms with Gasteiger partial charge in [-0.2, -0.15) is 0 Å². The Balaban J connectivity index is 1.47. The molecule has 1 saturated carbocycles. The Labute approximate surface area is 183 Å². The normalized spacial score (nSPS) is 28.0. The number of likely N-dealkylation sites (tertiary alicyclic amines) is 2. The molecule has 0 spiro atoms. The van der Waals surface area contributed by atoms with Crippen LogP contribution in [0.3, 0.4) is 0 Å². The minimum absolute atomic E-state index is 0.00965. The van der Waals surface area contributed by atoms with Crippen molar-refractivity contribution in [1.29, 1.82) is 0 Å². The summed E-state index contributed by atoms with van der Waals surface area (Å²) in [4.78, 5) is 5.08. The van der Waals surface area contributed by atoms with Crippen molar-refractivity contribution in [2.45, 2.75) is 75.8 Å². The van der Waals surface area contributed by atoms with Crippen molar-refractivity contribution in [2.24, 2.45) is 5.92 Å². The van der Waals surface area contributed by atoms with E-state index in [1.165, 1.54) is 38.1 Å². The van der Waals surface area contributed by atoms with Crippen LogP contribution in [-0.2, 0) is 0 Å². The van der Waals surface area contributed by atoms with Crippen molar-refractivity contribution in [3.8, 4) is 5.75 Å². The second kappa shape index (κ2) is 10.1. The molecular weight excluding hydrogens is 405 g/mol. The molecule has 4 nitrogen and oxygen atoms in total. The van der Waals surface area contributed by atoms with E-state index in [1.807, 2.05) is 6.07 Å². The Bertz CT molecular complexity index is 700. The maximum atomic E-state index is 12.8. The van der Waals surface area contributed by atoms with Crippen LogP contribution in [0.15, 0.2) is 24.3 Å². The van der Waals surface area contributed by atoms with Gasteiger partial charge in [0.15, 0.2) is 0 Å². The molecule has 0 radical (unpaired) electrons. The van der Waals surface area contributed by atoms with Crippen LogP contribution in [0, 0.1) is 5.92 Å². The Morgan fingerprint density at radius 1 is 0.968 bits per heavy atom. The third-order valence-electron chi connectivity index (χ3n) is 7.49. The van der Waals surface area contributed by atoms with Gasteiger partial charge in [-0.3, -0.25) is 0 Å². The van der Waals surface area contributed by atoms with Gasteiger partial charge in [-0.25, -0.2) is 0 Å². The van der Waals surface area contributed by atoms with Crippen molar-refractivity contribution < 1.29 is 23.0 Å². The summed E-state index contributed by atoms with van der Waals surface area (Å²) in [6, 6.07) is 7.08. The van der Waals surface area contributed by atoms with Crippen LogP contribution in [-0.4, -0.2) is 66.1 Å². The number of ether oxygens (including phenoxy) is 1. The lowest BCUT2D eigenvalue weighted by Gasteiger charge is -2.41. The van der Waals surface area contributed by atoms with Crippen molar-refractivity contribution in [1.82, 2.24) is 9.80 Å². The predicted molar refractivity (Wildman–Crippen MR) is 114 cm³/mol. The van der Waals surface area contributed by atoms with Gasteiger partial charge in [0, 0.05) is 18.5 Å². The van der Waals surface area contributed by atoms with E-state index in [9.17, 15) is 18.3 Å². The van der Waals surface area contributed by atoms with Crippen LogP contribution in [0.5, 0.6) is 5.75 Å². The van der Waals surface area contributed by atoms with E-state index >= 15 is 0 Å². The van der Waals surface area contributed by atoms with Crippen molar-refractivity contribution >= 4 is 0 Å². The molecule has 2 unspecified atom stereocenters. The highest BCUT2D eigenvalue weighted by molar-refractivity contribution is 5.32. The van der Waals surface area contributed by atoms with Gasteiger partial charge in [-0.1, -0.05) is 25.0 Å². The number of alkyl halides is 3. The van der Waals surface area contributed by atoms with Gasteiger partial charge < -0.3 is 19.6 Å². The van der Waals surface area contributed by atoms with Gasteiger partial charge in [0.2, 0.25) is 0 Å². The van der Waals surface area contributed by atoms with Crippen LogP contribution < -0.4 is 4.74 Å². The van der Waals surface area contributed by atoms with Gasteiger partial charge in [-0.15, -0.1) is 13.2 Å². The second-order valence-electron chi connectivity index (χ2n) is 9.52. The average Bonchev–Trinajstić information content (AvgIpc) is 3.27. The first-order chi connectivity index (χ1) is 14.9. The fourth-order valence-electron chi connectivity index (χ4n) is 5.89. The molecule has 2 heterocycles. The summed E-state index contributed by atoms with van der Waals surface area (Å²) in [6.07, 6.45) is 3.59. The van der Waals surface area contributed by atoms with E-state index in [2.05, 4.69) is 14.5 Å². The minimum atomic E-state index is -4.70. The van der Waals surface area contributed by atoms with Crippen LogP contribution >= 0.6 is 0 Å². The summed E-state index contributed by atoms with van der Waals surface area (Å²) in [7, 11) is 0. The van der Waals surface area contributed by atoms with Gasteiger partial charge in [-0.05, 0) is 88.3 Å². The number of aliphatic hydroxyl groups excluding tert-OH is 1. The lowest BCUT2D eigenvalue weighted by Crippen LogP contribution is -2.46. The smallest absolute Gasteiger partial charge is 0.406 e. The molecule has 1 aromatic carbocycles. The molecule has 1 aromatic rings. The number of hydrogen-bond donors (Lipinski definition) is 1. The standard InChI is InChI=1S/C24H35F3N2O2/c25-24(26,27)31-20-7-5-6-18(16-20)22(21-8-1-2-9-23(21)30)17-28-14-10-19(11-15-28)29-12-3-4-13-29/h5-7,16,19,21-23,30H,1-4,8-15,17H2/t21?,22-,23?/m1/s1. The summed E-state index contributed by atoms with van der Waals surface area (Å²) in [6.45, 7) is 5.24. The zero-order chi connectivity index (χ0) is 21.8. The first-order valence-electron chi connectivity index (χ1n) is 11.9. The third kappa shape index (κ3) is 6.14. The molecule has 0 bridgehead atoms. The Morgan fingerprint density at radius 2 is 1.68 bits per heavy atom. The zero-order valence-electron chi connectivity index (χ0n) is 18.2. The first kappa shape index (κ1) is 22.9. The van der Waals surface area contributed by atoms with Crippen molar-refractivity contribution in [3.63, 3.8) is 0 Å². The summed E-state index contributed by atoms with van der Waals surface area (Å²) >= 11 is 0. The lowest BCUT2D eigenvalue weighted by atomic mass is 9.74. The largest absolute Gasteiger partial charge is 0.573 e. The highest BCUT2D eigenvalue weighted by Crippen LogP contribution is 2.39. The van der Waals surface area contributed by atoms with E-state index < -0.39 is 12.5 Å². The molecule has 0 aromatic heterocycles. The molecule has 31 heavy (non-hydrogen) atoms. The predicted octanol–water partition coefficient (Wildman–Crippen LogP) is 4.78. The topological polar surface area (TPSA) is 35.9 Å². The zero-order valence-corrected chi connectivity index (χ0v) is 18.2. The highest BCUT2D eigenvalue weighted by Gasteiger charge is 2.36. The molecule has 1 N–H and O–H groups in total. The molecule has 174 valence electrons. The molecule has 3 aliphatic rings. The van der Waals surface area contributed by atoms with Crippen molar-refractivity contribution in [2.75, 3.05) is 32.7 Å². The quantitative estimate of drug-likeness (QED) is 0.691. The van der Waals surface area contributed by atoms with Crippen LogP contribution in [0.4, 0.5) is 13.2 Å². The van der Waals surface area contributed by atoms with E-state index in [-0.39, 0.29) is 17.6 Å². The Kier molecular flexibility index (Phi) is 7.44. The molecule has 1 aliphatic carbocycles. The fraction of sp³-hybridized carbons (Fsp3) is 0.750. The molecule has 3 atom stereocenters. The number of benzene rings is 1. The third-order valence-corrected chi connectivity index (χ3v) is 7.49. The van der Waals surface area contributed by atoms with Crippen LogP contribution in [0.2, 0.25) is 0 Å². The summed E-state index contributed by atoms with van der Waals surface area (Å²) in [5, 5.41) is 10.7. The second-order valence-corrected chi connectivity index (χ2v) is 9.52. The lowest BCUT2D eigenvalue weighted by molar-refractivity contribution is -0.274. The minimum Gasteiger partial charge on any atom is -0.406 e. The number of hydrogen-bond acceptors (Lipinski definition) is 4. The molecule has 3 fully saturated rings. The molecule has 7 heteroatoms. The van der Waals surface area contributed by atoms with Gasteiger partial charge in [0.1, 0.15) is 5.75 Å². The molecule has 4 rings (SSSR count). The van der Waals surface area contributed by atoms with Crippen LogP contribution in [0.1, 0.15) is 62.8 Å². The number of aliphatic hydroxyl groups is 1. The Morgan fingerprint density at radius 3 is 2.35 bits per heavy atom. The van der Waals surface area contributed by atoms with Crippen molar-refractivity contribution in [3.05, 3.63) is 29.8 Å². The number of nitrogens with zero attached hydrogens (tertiary/aromatic N) is 2. The molecular formula is C24H35F3N2O2. The average molecular weight is 441 g/mol. The van der Waals surface area contributed by atoms with E-state index in [1.54, 1.807) is 6.07 Å². The molecule has 0 amide bonds.